The van der Waals surface area contributed by atoms with E-state index >= 15 is 0 Å². The van der Waals surface area contributed by atoms with Crippen LogP contribution < -0.4 is 18.9 Å². The highest BCUT2D eigenvalue weighted by molar-refractivity contribution is 6.32. The fourth-order valence-corrected chi connectivity index (χ4v) is 3.27. The lowest BCUT2D eigenvalue weighted by Crippen LogP contribution is -2.12. The Morgan fingerprint density at radius 2 is 1.25 bits per heavy atom. The van der Waals surface area contributed by atoms with E-state index < -0.39 is 12.4 Å². The van der Waals surface area contributed by atoms with Gasteiger partial charge in [0, 0.05) is 19.8 Å². The molecule has 1 atom stereocenters. The van der Waals surface area contributed by atoms with Crippen molar-refractivity contribution in [1.82, 2.24) is 0 Å². The second-order valence-electron chi connectivity index (χ2n) is 5.78. The predicted octanol–water partition coefficient (Wildman–Crippen LogP) is 3.75. The second-order valence-corrected chi connectivity index (χ2v) is 6.19. The summed E-state index contributed by atoms with van der Waals surface area (Å²) < 4.78 is 32.1. The lowest BCUT2D eigenvalue weighted by molar-refractivity contribution is -0.107. The molecule has 0 saturated carbocycles. The lowest BCUT2D eigenvalue weighted by Gasteiger charge is -2.24. The zero-order valence-corrected chi connectivity index (χ0v) is 17.5. The van der Waals surface area contributed by atoms with Crippen LogP contribution in [0.25, 0.3) is 0 Å². The molecule has 1 unspecified atom stereocenters. The quantitative estimate of drug-likeness (QED) is 0.628. The second kappa shape index (κ2) is 9.84. The van der Waals surface area contributed by atoms with Gasteiger partial charge in [0.25, 0.3) is 0 Å². The third-order valence-electron chi connectivity index (χ3n) is 4.34. The molecule has 28 heavy (non-hydrogen) atoms. The molecule has 1 N–H and O–H groups in total. The smallest absolute Gasteiger partial charge is 0.183 e. The minimum absolute atomic E-state index is 0.313. The molecule has 0 saturated heterocycles. The molecule has 2 aromatic carbocycles. The van der Waals surface area contributed by atoms with Crippen LogP contribution in [0.4, 0.5) is 0 Å². The normalized spacial score (nSPS) is 12.0. The van der Waals surface area contributed by atoms with Gasteiger partial charge in [-0.25, -0.2) is 0 Å². The summed E-state index contributed by atoms with van der Waals surface area (Å²) in [6.07, 6.45) is -1.79. The molecule has 8 heteroatoms. The van der Waals surface area contributed by atoms with E-state index in [0.717, 1.165) is 0 Å². The topological polar surface area (TPSA) is 75.6 Å². The van der Waals surface area contributed by atoms with Crippen LogP contribution in [0.5, 0.6) is 23.0 Å². The summed E-state index contributed by atoms with van der Waals surface area (Å²) in [6.45, 7) is 0. The summed E-state index contributed by atoms with van der Waals surface area (Å²) in [5.41, 5.74) is 1.60. The number of rotatable bonds is 9. The summed E-state index contributed by atoms with van der Waals surface area (Å²) in [6, 6.07) is 6.65. The first-order valence-electron chi connectivity index (χ1n) is 8.36. The van der Waals surface area contributed by atoms with Crippen LogP contribution in [-0.4, -0.2) is 47.8 Å². The maximum Gasteiger partial charge on any atom is 0.183 e. The van der Waals surface area contributed by atoms with Crippen molar-refractivity contribution in [1.29, 1.82) is 0 Å². The average molecular weight is 413 g/mol. The number of hydrogen-bond donors (Lipinski definition) is 1. The van der Waals surface area contributed by atoms with Crippen LogP contribution in [0.1, 0.15) is 29.1 Å². The highest BCUT2D eigenvalue weighted by Crippen LogP contribution is 2.42. The summed E-state index contributed by atoms with van der Waals surface area (Å²) in [5, 5.41) is 11.5. The maximum absolute atomic E-state index is 11.1. The number of aliphatic hydroxyl groups excluding tert-OH is 1. The van der Waals surface area contributed by atoms with Crippen molar-refractivity contribution in [3.05, 3.63) is 46.0 Å². The Hall–Kier alpha value is -2.19. The third-order valence-corrected chi connectivity index (χ3v) is 4.62. The van der Waals surface area contributed by atoms with Gasteiger partial charge >= 0.3 is 0 Å². The molecule has 7 nitrogen and oxygen atoms in total. The Morgan fingerprint density at radius 1 is 0.714 bits per heavy atom. The van der Waals surface area contributed by atoms with Gasteiger partial charge < -0.3 is 33.5 Å². The molecule has 0 spiro atoms. The number of halogens is 1. The van der Waals surface area contributed by atoms with E-state index in [2.05, 4.69) is 0 Å². The zero-order valence-electron chi connectivity index (χ0n) is 16.7. The van der Waals surface area contributed by atoms with Gasteiger partial charge in [-0.2, -0.15) is 0 Å². The van der Waals surface area contributed by atoms with E-state index in [-0.39, 0.29) is 0 Å². The van der Waals surface area contributed by atoms with Crippen LogP contribution in [0.2, 0.25) is 5.02 Å². The highest BCUT2D eigenvalue weighted by atomic mass is 35.5. The molecular formula is C20H25ClO7. The zero-order chi connectivity index (χ0) is 20.8. The van der Waals surface area contributed by atoms with Crippen molar-refractivity contribution in [2.75, 3.05) is 42.7 Å². The maximum atomic E-state index is 11.1. The first kappa shape index (κ1) is 22.1. The third kappa shape index (κ3) is 4.28. The number of hydrogen-bond acceptors (Lipinski definition) is 7. The van der Waals surface area contributed by atoms with Gasteiger partial charge in [0.1, 0.15) is 6.10 Å². The van der Waals surface area contributed by atoms with Crippen LogP contribution >= 0.6 is 11.6 Å². The molecule has 0 aliphatic carbocycles. The van der Waals surface area contributed by atoms with Gasteiger partial charge in [-0.05, 0) is 35.4 Å². The van der Waals surface area contributed by atoms with Crippen molar-refractivity contribution < 1.29 is 33.5 Å². The lowest BCUT2D eigenvalue weighted by atomic mass is 9.95. The first-order chi connectivity index (χ1) is 13.4. The first-order valence-corrected chi connectivity index (χ1v) is 8.74. The Morgan fingerprint density at radius 3 is 1.71 bits per heavy atom. The summed E-state index contributed by atoms with van der Waals surface area (Å²) >= 11 is 6.30. The van der Waals surface area contributed by atoms with Crippen LogP contribution in [0.15, 0.2) is 24.3 Å². The molecule has 0 amide bonds. The molecule has 0 aliphatic rings. The Balaban J connectivity index is 2.66. The van der Waals surface area contributed by atoms with Gasteiger partial charge in [0.15, 0.2) is 29.3 Å². The van der Waals surface area contributed by atoms with E-state index in [1.807, 2.05) is 0 Å². The fourth-order valence-electron chi connectivity index (χ4n) is 2.98. The largest absolute Gasteiger partial charge is 0.493 e. The standard InChI is InChI=1S/C20H25ClO7/c1-23-15-9-12(13(10-16(15)24-2)20(27-5)28-6)18(22)11-7-14(21)19(26-4)17(8-11)25-3/h7-10,18,20,22H,1-6H3. The minimum atomic E-state index is -1.07. The van der Waals surface area contributed by atoms with Crippen molar-refractivity contribution in [2.24, 2.45) is 0 Å². The molecule has 2 rings (SSSR count). The summed E-state index contributed by atoms with van der Waals surface area (Å²) in [7, 11) is 9.06. The van der Waals surface area contributed by atoms with Gasteiger partial charge in [-0.3, -0.25) is 0 Å². The fraction of sp³-hybridized carbons (Fsp3) is 0.400. The molecule has 0 heterocycles. The molecule has 0 aromatic heterocycles. The van der Waals surface area contributed by atoms with E-state index in [9.17, 15) is 5.11 Å². The molecule has 154 valence electrons. The summed E-state index contributed by atoms with van der Waals surface area (Å²) in [5.74, 6) is 1.73. The molecular weight excluding hydrogens is 388 g/mol. The molecule has 0 aliphatic heterocycles. The van der Waals surface area contributed by atoms with Crippen LogP contribution in [-0.2, 0) is 9.47 Å². The van der Waals surface area contributed by atoms with E-state index in [0.29, 0.717) is 44.7 Å². The van der Waals surface area contributed by atoms with Gasteiger partial charge in [-0.1, -0.05) is 11.6 Å². The van der Waals surface area contributed by atoms with Crippen molar-refractivity contribution in [2.45, 2.75) is 12.4 Å². The Labute approximate surface area is 169 Å². The SMILES string of the molecule is COc1cc(C(OC)OC)c(C(O)c2cc(Cl)c(OC)c(OC)c2)cc1OC. The molecule has 0 fully saturated rings. The predicted molar refractivity (Wildman–Crippen MR) is 105 cm³/mol. The van der Waals surface area contributed by atoms with Crippen molar-refractivity contribution in [3.63, 3.8) is 0 Å². The Bertz CT molecular complexity index is 806. The monoisotopic (exact) mass is 412 g/mol. The highest BCUT2D eigenvalue weighted by Gasteiger charge is 2.25. The van der Waals surface area contributed by atoms with E-state index in [1.165, 1.54) is 42.7 Å². The average Bonchev–Trinajstić information content (AvgIpc) is 2.72. The number of methoxy groups -OCH3 is 6. The van der Waals surface area contributed by atoms with Gasteiger partial charge in [0.05, 0.1) is 33.5 Å². The van der Waals surface area contributed by atoms with Gasteiger partial charge in [-0.15, -0.1) is 0 Å². The number of aliphatic hydroxyl groups is 1. The van der Waals surface area contributed by atoms with Crippen LogP contribution in [0, 0.1) is 0 Å². The molecule has 2 aromatic rings. The molecule has 0 bridgehead atoms. The van der Waals surface area contributed by atoms with Gasteiger partial charge in [0.2, 0.25) is 0 Å². The number of ether oxygens (including phenoxy) is 6. The Kier molecular flexibility index (Phi) is 7.77. The van der Waals surface area contributed by atoms with E-state index in [4.69, 9.17) is 40.0 Å². The van der Waals surface area contributed by atoms with Crippen molar-refractivity contribution >= 4 is 11.6 Å². The van der Waals surface area contributed by atoms with E-state index in [1.54, 1.807) is 24.3 Å². The number of benzene rings is 2. The molecule has 0 radical (unpaired) electrons. The van der Waals surface area contributed by atoms with Crippen molar-refractivity contribution in [3.8, 4) is 23.0 Å². The minimum Gasteiger partial charge on any atom is -0.493 e. The summed E-state index contributed by atoms with van der Waals surface area (Å²) in [4.78, 5) is 0. The van der Waals surface area contributed by atoms with Crippen LogP contribution in [0.3, 0.4) is 0 Å².